The van der Waals surface area contributed by atoms with Gasteiger partial charge in [0, 0.05) is 24.8 Å². The van der Waals surface area contributed by atoms with Crippen molar-refractivity contribution in [2.24, 2.45) is 0 Å². The molecule has 1 heterocycles. The van der Waals surface area contributed by atoms with E-state index < -0.39 is 5.60 Å². The zero-order valence-corrected chi connectivity index (χ0v) is 20.3. The molecule has 3 nitrogen and oxygen atoms in total. The number of nitrogens with zero attached hydrogens (tertiary/aromatic N) is 1. The number of hydrogen-bond donors (Lipinski definition) is 0. The molecule has 1 aliphatic heterocycles. The third-order valence-corrected chi connectivity index (χ3v) is 7.11. The van der Waals surface area contributed by atoms with Crippen LogP contribution >= 0.6 is 0 Å². The maximum atomic E-state index is 15.4. The molecule has 35 heavy (non-hydrogen) atoms. The van der Waals surface area contributed by atoms with Crippen LogP contribution in [-0.4, -0.2) is 38.3 Å². The molecule has 0 N–H and O–H groups in total. The first-order valence-electron chi connectivity index (χ1n) is 12.5. The van der Waals surface area contributed by atoms with E-state index in [9.17, 15) is 0 Å². The lowest BCUT2D eigenvalue weighted by Crippen LogP contribution is -2.33. The van der Waals surface area contributed by atoms with Gasteiger partial charge in [-0.3, -0.25) is 4.90 Å². The summed E-state index contributed by atoms with van der Waals surface area (Å²) in [5.41, 5.74) is 1.13. The van der Waals surface area contributed by atoms with Gasteiger partial charge in [-0.05, 0) is 60.5 Å². The van der Waals surface area contributed by atoms with Gasteiger partial charge in [0.05, 0.1) is 0 Å². The van der Waals surface area contributed by atoms with Crippen LogP contribution in [-0.2, 0) is 10.3 Å². The van der Waals surface area contributed by atoms with Gasteiger partial charge in [-0.2, -0.15) is 0 Å². The number of fused-ring (bicyclic) bond motifs is 1. The van der Waals surface area contributed by atoms with Crippen LogP contribution in [0.4, 0.5) is 4.39 Å². The minimum atomic E-state index is -1.11. The van der Waals surface area contributed by atoms with E-state index in [0.717, 1.165) is 47.3 Å². The summed E-state index contributed by atoms with van der Waals surface area (Å²) in [6.45, 7) is 3.92. The van der Waals surface area contributed by atoms with Gasteiger partial charge in [-0.15, -0.1) is 0 Å². The Kier molecular flexibility index (Phi) is 7.12. The highest BCUT2D eigenvalue weighted by Gasteiger charge is 2.40. The number of piperidine rings is 1. The van der Waals surface area contributed by atoms with Crippen LogP contribution in [0.2, 0.25) is 0 Å². The van der Waals surface area contributed by atoms with E-state index >= 15 is 4.39 Å². The lowest BCUT2D eigenvalue weighted by Gasteiger charge is -2.35. The molecule has 0 aromatic heterocycles. The summed E-state index contributed by atoms with van der Waals surface area (Å²) in [6, 6.07) is 29.0. The monoisotopic (exact) mass is 469 g/mol. The summed E-state index contributed by atoms with van der Waals surface area (Å²) < 4.78 is 27.7. The van der Waals surface area contributed by atoms with Gasteiger partial charge in [0.15, 0.2) is 0 Å². The van der Waals surface area contributed by atoms with Gasteiger partial charge in [-0.1, -0.05) is 79.2 Å². The second kappa shape index (κ2) is 10.6. The molecule has 180 valence electrons. The van der Waals surface area contributed by atoms with E-state index in [1.807, 2.05) is 60.7 Å². The second-order valence-electron chi connectivity index (χ2n) is 9.17. The number of ether oxygens (including phenoxy) is 2. The predicted octanol–water partition coefficient (Wildman–Crippen LogP) is 6.78. The number of methoxy groups -OCH3 is 1. The Labute approximate surface area is 207 Å². The van der Waals surface area contributed by atoms with Crippen LogP contribution < -0.4 is 4.74 Å². The summed E-state index contributed by atoms with van der Waals surface area (Å²) in [4.78, 5) is 2.46. The maximum Gasteiger partial charge on any atom is 0.146 e. The topological polar surface area (TPSA) is 21.7 Å². The van der Waals surface area contributed by atoms with E-state index in [4.69, 9.17) is 9.47 Å². The Morgan fingerprint density at radius 3 is 2.23 bits per heavy atom. The van der Waals surface area contributed by atoms with Gasteiger partial charge in [0.1, 0.15) is 23.8 Å². The molecule has 1 aliphatic rings. The average molecular weight is 470 g/mol. The zero-order chi connectivity index (χ0) is 24.1. The number of rotatable bonds is 8. The minimum absolute atomic E-state index is 0.302. The van der Waals surface area contributed by atoms with E-state index in [2.05, 4.69) is 23.1 Å². The van der Waals surface area contributed by atoms with Gasteiger partial charge < -0.3 is 9.47 Å². The Bertz CT molecular complexity index is 1260. The van der Waals surface area contributed by atoms with Crippen LogP contribution in [0, 0.1) is 5.82 Å². The van der Waals surface area contributed by atoms with Crippen molar-refractivity contribution in [3.8, 4) is 5.75 Å². The molecule has 0 spiro atoms. The number of likely N-dealkylation sites (tertiary alicyclic amines) is 1. The number of halogens is 1. The van der Waals surface area contributed by atoms with Crippen molar-refractivity contribution in [1.29, 1.82) is 0 Å². The molecular weight excluding hydrogens is 437 g/mol. The minimum Gasteiger partial charge on any atom is -0.492 e. The van der Waals surface area contributed by atoms with Crippen LogP contribution in [0.1, 0.15) is 36.0 Å². The van der Waals surface area contributed by atoms with E-state index in [-0.39, 0.29) is 5.82 Å². The first-order chi connectivity index (χ1) is 17.2. The Balaban J connectivity index is 1.52. The van der Waals surface area contributed by atoms with Crippen molar-refractivity contribution in [2.75, 3.05) is 33.4 Å². The molecule has 4 aromatic carbocycles. The molecule has 0 radical (unpaired) electrons. The van der Waals surface area contributed by atoms with E-state index in [0.29, 0.717) is 12.2 Å². The maximum absolute atomic E-state index is 15.4. The van der Waals surface area contributed by atoms with Crippen molar-refractivity contribution < 1.29 is 13.9 Å². The molecule has 1 atom stereocenters. The smallest absolute Gasteiger partial charge is 0.146 e. The van der Waals surface area contributed by atoms with Crippen molar-refractivity contribution >= 4 is 10.8 Å². The molecule has 0 aliphatic carbocycles. The average Bonchev–Trinajstić information content (AvgIpc) is 2.92. The Morgan fingerprint density at radius 2 is 1.46 bits per heavy atom. The largest absolute Gasteiger partial charge is 0.492 e. The number of hydrogen-bond acceptors (Lipinski definition) is 3. The lowest BCUT2D eigenvalue weighted by atomic mass is 9.78. The van der Waals surface area contributed by atoms with Crippen LogP contribution in [0.3, 0.4) is 0 Å². The third kappa shape index (κ3) is 4.69. The molecule has 4 aromatic rings. The summed E-state index contributed by atoms with van der Waals surface area (Å²) >= 11 is 0. The molecule has 1 saturated heterocycles. The first-order valence-corrected chi connectivity index (χ1v) is 12.5. The van der Waals surface area contributed by atoms with Crippen molar-refractivity contribution in [1.82, 2.24) is 4.90 Å². The highest BCUT2D eigenvalue weighted by atomic mass is 19.1. The normalized spacial score (nSPS) is 16.2. The van der Waals surface area contributed by atoms with Crippen molar-refractivity contribution in [3.63, 3.8) is 0 Å². The molecule has 0 saturated carbocycles. The molecule has 1 unspecified atom stereocenters. The Hall–Kier alpha value is -3.21. The third-order valence-electron chi connectivity index (χ3n) is 7.11. The van der Waals surface area contributed by atoms with E-state index in [1.54, 1.807) is 13.2 Å². The van der Waals surface area contributed by atoms with Crippen LogP contribution in [0.5, 0.6) is 5.75 Å². The van der Waals surface area contributed by atoms with E-state index in [1.165, 1.54) is 25.3 Å². The van der Waals surface area contributed by atoms with Crippen LogP contribution in [0.15, 0.2) is 91.0 Å². The quantitative estimate of drug-likeness (QED) is 0.266. The van der Waals surface area contributed by atoms with Crippen LogP contribution in [0.25, 0.3) is 10.8 Å². The SMILES string of the molecule is COC(c1ccc(OCCN2CCCCC2)cc1)(c1ccccc1F)c1cccc2ccccc12. The molecule has 0 amide bonds. The van der Waals surface area contributed by atoms with Gasteiger partial charge in [-0.25, -0.2) is 4.39 Å². The molecule has 4 heteroatoms. The summed E-state index contributed by atoms with van der Waals surface area (Å²) in [5.74, 6) is 0.506. The fourth-order valence-corrected chi connectivity index (χ4v) is 5.33. The standard InChI is InChI=1S/C31H32FNO2/c1-34-31(29-13-5-6-15-30(29)32,28-14-9-11-24-10-3-4-12-27(24)28)25-16-18-26(19-17-25)35-23-22-33-20-7-2-8-21-33/h3-6,9-19H,2,7-8,20-23H2,1H3. The predicted molar refractivity (Wildman–Crippen MR) is 139 cm³/mol. The Morgan fingerprint density at radius 1 is 0.771 bits per heavy atom. The highest BCUT2D eigenvalue weighted by Crippen LogP contribution is 2.44. The summed E-state index contributed by atoms with van der Waals surface area (Å²) in [5, 5.41) is 2.11. The van der Waals surface area contributed by atoms with Gasteiger partial charge in [0.2, 0.25) is 0 Å². The lowest BCUT2D eigenvalue weighted by molar-refractivity contribution is 0.0565. The number of benzene rings is 4. The van der Waals surface area contributed by atoms with Gasteiger partial charge >= 0.3 is 0 Å². The first kappa shape index (κ1) is 23.5. The molecule has 0 bridgehead atoms. The summed E-state index contributed by atoms with van der Waals surface area (Å²) in [6.07, 6.45) is 3.88. The summed E-state index contributed by atoms with van der Waals surface area (Å²) in [7, 11) is 1.65. The van der Waals surface area contributed by atoms with Gasteiger partial charge in [0.25, 0.3) is 0 Å². The zero-order valence-electron chi connectivity index (χ0n) is 20.3. The molecule has 1 fully saturated rings. The fourth-order valence-electron chi connectivity index (χ4n) is 5.33. The fraction of sp³-hybridized carbons (Fsp3) is 0.290. The molecular formula is C31H32FNO2. The molecule has 5 rings (SSSR count). The van der Waals surface area contributed by atoms with Crippen molar-refractivity contribution in [3.05, 3.63) is 114 Å². The highest BCUT2D eigenvalue weighted by molar-refractivity contribution is 5.87. The second-order valence-corrected chi connectivity index (χ2v) is 9.17. The van der Waals surface area contributed by atoms with Crippen molar-refractivity contribution in [2.45, 2.75) is 24.9 Å².